The number of rotatable bonds is 6. The Morgan fingerprint density at radius 3 is 2.60 bits per heavy atom. The topological polar surface area (TPSA) is 62.7 Å². The van der Waals surface area contributed by atoms with Crippen LogP contribution < -0.4 is 10.6 Å². The monoisotopic (exact) mass is 345 g/mol. The van der Waals surface area contributed by atoms with E-state index in [0.717, 1.165) is 12.1 Å². The van der Waals surface area contributed by atoms with E-state index < -0.39 is 11.6 Å². The highest BCUT2D eigenvalue weighted by atomic mass is 19.1. The highest BCUT2D eigenvalue weighted by Gasteiger charge is 2.07. The van der Waals surface area contributed by atoms with E-state index in [-0.39, 0.29) is 23.3 Å². The number of benzene rings is 2. The molecule has 128 valence electrons. The summed E-state index contributed by atoms with van der Waals surface area (Å²) in [6.07, 6.45) is 1.76. The number of aromatic nitrogens is 3. The zero-order valence-corrected chi connectivity index (χ0v) is 13.0. The Morgan fingerprint density at radius 1 is 0.960 bits per heavy atom. The van der Waals surface area contributed by atoms with Gasteiger partial charge in [-0.1, -0.05) is 18.2 Å². The predicted octanol–water partition coefficient (Wildman–Crippen LogP) is 3.69. The van der Waals surface area contributed by atoms with Crippen molar-refractivity contribution in [3.05, 3.63) is 71.7 Å². The number of hydrogen-bond donors (Lipinski definition) is 2. The number of nitrogens with zero attached hydrogens (tertiary/aromatic N) is 3. The lowest BCUT2D eigenvalue weighted by molar-refractivity contribution is 0.586. The summed E-state index contributed by atoms with van der Waals surface area (Å²) in [5, 5.41) is 13.2. The summed E-state index contributed by atoms with van der Waals surface area (Å²) in [4.78, 5) is 4.14. The standard InChI is InChI=1S/C17H14F3N5/c18-12-5-6-15(14(20)9-12)23-16-10-22-25-17(24-16)21-8-7-11-3-1-2-4-13(11)19/h1-6,9-10H,7-8H2,(H2,21,23,24,25). The summed E-state index contributed by atoms with van der Waals surface area (Å²) in [6, 6.07) is 9.65. The number of anilines is 3. The zero-order valence-electron chi connectivity index (χ0n) is 13.0. The molecule has 0 fully saturated rings. The molecule has 0 unspecified atom stereocenters. The van der Waals surface area contributed by atoms with Crippen molar-refractivity contribution in [2.24, 2.45) is 0 Å². The summed E-state index contributed by atoms with van der Waals surface area (Å²) in [7, 11) is 0. The van der Waals surface area contributed by atoms with E-state index in [1.165, 1.54) is 18.3 Å². The smallest absolute Gasteiger partial charge is 0.244 e. The van der Waals surface area contributed by atoms with Crippen molar-refractivity contribution in [1.82, 2.24) is 15.2 Å². The van der Waals surface area contributed by atoms with Crippen LogP contribution in [0.15, 0.2) is 48.7 Å². The molecule has 0 saturated carbocycles. The number of halogens is 3. The summed E-state index contributed by atoms with van der Waals surface area (Å²) in [5.74, 6) is -1.23. The molecule has 0 aliphatic rings. The van der Waals surface area contributed by atoms with Crippen LogP contribution in [0.4, 0.5) is 30.6 Å². The van der Waals surface area contributed by atoms with Crippen LogP contribution in [0.2, 0.25) is 0 Å². The first-order valence-corrected chi connectivity index (χ1v) is 7.51. The molecule has 1 aromatic heterocycles. The summed E-state index contributed by atoms with van der Waals surface area (Å²) >= 11 is 0. The van der Waals surface area contributed by atoms with Crippen LogP contribution in [0.3, 0.4) is 0 Å². The van der Waals surface area contributed by atoms with Gasteiger partial charge in [0, 0.05) is 12.6 Å². The van der Waals surface area contributed by atoms with Crippen molar-refractivity contribution < 1.29 is 13.2 Å². The van der Waals surface area contributed by atoms with Gasteiger partial charge in [-0.3, -0.25) is 0 Å². The van der Waals surface area contributed by atoms with Crippen LogP contribution in [0.5, 0.6) is 0 Å². The first-order chi connectivity index (χ1) is 12.1. The van der Waals surface area contributed by atoms with Gasteiger partial charge in [0.1, 0.15) is 17.5 Å². The Hall–Kier alpha value is -3.16. The second-order valence-electron chi connectivity index (χ2n) is 5.18. The molecule has 0 aliphatic carbocycles. The van der Waals surface area contributed by atoms with Gasteiger partial charge in [0.2, 0.25) is 5.95 Å². The van der Waals surface area contributed by atoms with Gasteiger partial charge in [0.25, 0.3) is 0 Å². The van der Waals surface area contributed by atoms with E-state index in [4.69, 9.17) is 0 Å². The Bertz CT molecular complexity index is 872. The predicted molar refractivity (Wildman–Crippen MR) is 88.1 cm³/mol. The van der Waals surface area contributed by atoms with Gasteiger partial charge in [-0.15, -0.1) is 5.10 Å². The third kappa shape index (κ3) is 4.43. The van der Waals surface area contributed by atoms with Crippen LogP contribution in [0.1, 0.15) is 5.56 Å². The highest BCUT2D eigenvalue weighted by Crippen LogP contribution is 2.19. The van der Waals surface area contributed by atoms with Crippen molar-refractivity contribution in [1.29, 1.82) is 0 Å². The summed E-state index contributed by atoms with van der Waals surface area (Å²) in [5.41, 5.74) is 0.643. The second-order valence-corrected chi connectivity index (χ2v) is 5.18. The van der Waals surface area contributed by atoms with Gasteiger partial charge in [-0.2, -0.15) is 10.1 Å². The maximum atomic E-state index is 13.6. The van der Waals surface area contributed by atoms with Crippen molar-refractivity contribution in [3.63, 3.8) is 0 Å². The molecule has 2 N–H and O–H groups in total. The Balaban J connectivity index is 1.62. The van der Waals surface area contributed by atoms with E-state index in [0.29, 0.717) is 18.5 Å². The van der Waals surface area contributed by atoms with Crippen LogP contribution in [-0.4, -0.2) is 21.7 Å². The Morgan fingerprint density at radius 2 is 1.80 bits per heavy atom. The zero-order chi connectivity index (χ0) is 17.6. The number of nitrogens with one attached hydrogen (secondary N) is 2. The third-order valence-corrected chi connectivity index (χ3v) is 3.39. The van der Waals surface area contributed by atoms with Crippen molar-refractivity contribution >= 4 is 17.5 Å². The van der Waals surface area contributed by atoms with E-state index in [2.05, 4.69) is 25.8 Å². The van der Waals surface area contributed by atoms with Crippen LogP contribution in [0.25, 0.3) is 0 Å². The fourth-order valence-electron chi connectivity index (χ4n) is 2.18. The number of hydrogen-bond acceptors (Lipinski definition) is 5. The molecule has 0 aliphatic heterocycles. The van der Waals surface area contributed by atoms with Gasteiger partial charge < -0.3 is 10.6 Å². The molecule has 8 heteroatoms. The second kappa shape index (κ2) is 7.61. The van der Waals surface area contributed by atoms with Crippen LogP contribution in [0, 0.1) is 17.5 Å². The quantitative estimate of drug-likeness (QED) is 0.713. The van der Waals surface area contributed by atoms with E-state index >= 15 is 0 Å². The normalized spacial score (nSPS) is 10.5. The average molecular weight is 345 g/mol. The lowest BCUT2D eigenvalue weighted by Gasteiger charge is -2.08. The molecule has 3 aromatic rings. The molecule has 1 heterocycles. The molecule has 0 spiro atoms. The maximum absolute atomic E-state index is 13.6. The summed E-state index contributed by atoms with van der Waals surface area (Å²) < 4.78 is 40.1. The summed E-state index contributed by atoms with van der Waals surface area (Å²) in [6.45, 7) is 0.400. The minimum absolute atomic E-state index is 0.0687. The molecule has 0 amide bonds. The van der Waals surface area contributed by atoms with Gasteiger partial charge >= 0.3 is 0 Å². The molecule has 0 atom stereocenters. The molecule has 0 bridgehead atoms. The minimum Gasteiger partial charge on any atom is -0.353 e. The SMILES string of the molecule is Fc1ccc(Nc2cnnc(NCCc3ccccc3F)n2)c(F)c1. The van der Waals surface area contributed by atoms with Gasteiger partial charge in [0.15, 0.2) is 5.82 Å². The molecule has 3 rings (SSSR count). The molecule has 0 saturated heterocycles. The first-order valence-electron chi connectivity index (χ1n) is 7.51. The average Bonchev–Trinajstić information content (AvgIpc) is 2.60. The van der Waals surface area contributed by atoms with Crippen LogP contribution in [-0.2, 0) is 6.42 Å². The first kappa shape index (κ1) is 16.7. The fraction of sp³-hybridized carbons (Fsp3) is 0.118. The van der Waals surface area contributed by atoms with Crippen LogP contribution >= 0.6 is 0 Å². The van der Waals surface area contributed by atoms with E-state index in [1.54, 1.807) is 18.2 Å². The molecule has 25 heavy (non-hydrogen) atoms. The molecule has 2 aromatic carbocycles. The lowest BCUT2D eigenvalue weighted by Crippen LogP contribution is -2.10. The van der Waals surface area contributed by atoms with Gasteiger partial charge in [-0.05, 0) is 30.2 Å². The largest absolute Gasteiger partial charge is 0.353 e. The Kier molecular flexibility index (Phi) is 5.08. The van der Waals surface area contributed by atoms with E-state index in [9.17, 15) is 13.2 Å². The van der Waals surface area contributed by atoms with E-state index in [1.807, 2.05) is 0 Å². The van der Waals surface area contributed by atoms with Crippen molar-refractivity contribution in [2.75, 3.05) is 17.2 Å². The molecular weight excluding hydrogens is 331 g/mol. The lowest BCUT2D eigenvalue weighted by atomic mass is 10.1. The van der Waals surface area contributed by atoms with Crippen molar-refractivity contribution in [3.8, 4) is 0 Å². The minimum atomic E-state index is -0.743. The molecule has 5 nitrogen and oxygen atoms in total. The Labute approximate surface area is 141 Å². The maximum Gasteiger partial charge on any atom is 0.244 e. The van der Waals surface area contributed by atoms with Gasteiger partial charge in [0.05, 0.1) is 11.9 Å². The third-order valence-electron chi connectivity index (χ3n) is 3.39. The highest BCUT2D eigenvalue weighted by molar-refractivity contribution is 5.56. The fourth-order valence-corrected chi connectivity index (χ4v) is 2.18. The van der Waals surface area contributed by atoms with Crippen molar-refractivity contribution in [2.45, 2.75) is 6.42 Å². The van der Waals surface area contributed by atoms with Gasteiger partial charge in [-0.25, -0.2) is 13.2 Å². The molecular formula is C17H14F3N5. The molecule has 0 radical (unpaired) electrons.